The summed E-state index contributed by atoms with van der Waals surface area (Å²) in [5.41, 5.74) is 1.90. The van der Waals surface area contributed by atoms with E-state index in [2.05, 4.69) is 10.2 Å². The number of rotatable bonds is 4. The smallest absolute Gasteiger partial charge is 0.294 e. The molecule has 2 aliphatic rings. The van der Waals surface area contributed by atoms with Gasteiger partial charge in [0.2, 0.25) is 0 Å². The quantitative estimate of drug-likeness (QED) is 0.864. The number of aromatic nitrogens is 2. The van der Waals surface area contributed by atoms with E-state index in [0.29, 0.717) is 12.3 Å². The summed E-state index contributed by atoms with van der Waals surface area (Å²) in [6, 6.07) is 3.71. The highest BCUT2D eigenvalue weighted by Gasteiger charge is 2.28. The SMILES string of the molecule is O=C(c1cc2c(o1)CCCC2)N(CC1CCCO1)c1ccnnc1. The van der Waals surface area contributed by atoms with E-state index < -0.39 is 0 Å². The first kappa shape index (κ1) is 15.3. The topological polar surface area (TPSA) is 68.5 Å². The van der Waals surface area contributed by atoms with Gasteiger partial charge in [-0.25, -0.2) is 0 Å². The molecule has 1 aliphatic heterocycles. The van der Waals surface area contributed by atoms with Gasteiger partial charge in [0.25, 0.3) is 5.91 Å². The van der Waals surface area contributed by atoms with Crippen molar-refractivity contribution in [3.05, 3.63) is 41.6 Å². The molecule has 1 saturated heterocycles. The number of carbonyl (C=O) groups is 1. The number of aryl methyl sites for hydroxylation is 2. The van der Waals surface area contributed by atoms with Crippen LogP contribution in [0.1, 0.15) is 47.6 Å². The summed E-state index contributed by atoms with van der Waals surface area (Å²) in [4.78, 5) is 14.8. The summed E-state index contributed by atoms with van der Waals surface area (Å²) in [7, 11) is 0. The molecule has 2 aromatic rings. The molecule has 0 bridgehead atoms. The number of nitrogens with zero attached hydrogens (tertiary/aromatic N) is 3. The molecule has 3 heterocycles. The summed E-state index contributed by atoms with van der Waals surface area (Å²) in [5.74, 6) is 1.25. The van der Waals surface area contributed by atoms with Gasteiger partial charge in [0.05, 0.1) is 30.7 Å². The molecule has 1 atom stereocenters. The number of fused-ring (bicyclic) bond motifs is 1. The number of hydrogen-bond donors (Lipinski definition) is 0. The van der Waals surface area contributed by atoms with Crippen LogP contribution < -0.4 is 4.90 Å². The average Bonchev–Trinajstić information content (AvgIpc) is 3.29. The van der Waals surface area contributed by atoms with Crippen molar-refractivity contribution in [2.45, 2.75) is 44.6 Å². The van der Waals surface area contributed by atoms with Crippen molar-refractivity contribution >= 4 is 11.6 Å². The van der Waals surface area contributed by atoms with Crippen LogP contribution in [0.3, 0.4) is 0 Å². The summed E-state index contributed by atoms with van der Waals surface area (Å²) in [5, 5.41) is 7.71. The zero-order valence-electron chi connectivity index (χ0n) is 13.6. The van der Waals surface area contributed by atoms with Gasteiger partial charge in [-0.1, -0.05) is 0 Å². The van der Waals surface area contributed by atoms with E-state index in [-0.39, 0.29) is 12.0 Å². The molecule has 0 radical (unpaired) electrons. The fourth-order valence-corrected chi connectivity index (χ4v) is 3.47. The third-order valence-corrected chi connectivity index (χ3v) is 4.74. The minimum atomic E-state index is -0.132. The Morgan fingerprint density at radius 3 is 2.92 bits per heavy atom. The predicted octanol–water partition coefficient (Wildman–Crippen LogP) is 2.77. The first-order valence-electron chi connectivity index (χ1n) is 8.63. The summed E-state index contributed by atoms with van der Waals surface area (Å²) in [6.45, 7) is 1.27. The first-order chi connectivity index (χ1) is 11.8. The van der Waals surface area contributed by atoms with Crippen molar-refractivity contribution in [2.75, 3.05) is 18.1 Å². The molecule has 2 aromatic heterocycles. The van der Waals surface area contributed by atoms with Gasteiger partial charge in [-0.15, -0.1) is 0 Å². The van der Waals surface area contributed by atoms with Gasteiger partial charge in [-0.2, -0.15) is 10.2 Å². The summed E-state index contributed by atoms with van der Waals surface area (Å²) < 4.78 is 11.6. The van der Waals surface area contributed by atoms with Crippen LogP contribution >= 0.6 is 0 Å². The maximum Gasteiger partial charge on any atom is 0.294 e. The van der Waals surface area contributed by atoms with Crippen LogP contribution in [-0.4, -0.2) is 35.4 Å². The van der Waals surface area contributed by atoms with Crippen molar-refractivity contribution < 1.29 is 13.9 Å². The van der Waals surface area contributed by atoms with Gasteiger partial charge in [0.1, 0.15) is 5.76 Å². The van der Waals surface area contributed by atoms with E-state index in [0.717, 1.165) is 56.6 Å². The highest BCUT2D eigenvalue weighted by molar-refractivity contribution is 6.04. The molecule has 4 rings (SSSR count). The summed E-state index contributed by atoms with van der Waals surface area (Å²) in [6.07, 6.45) is 9.48. The minimum Gasteiger partial charge on any atom is -0.456 e. The Labute approximate surface area is 140 Å². The third kappa shape index (κ3) is 3.06. The molecule has 126 valence electrons. The number of hydrogen-bond acceptors (Lipinski definition) is 5. The maximum absolute atomic E-state index is 13.1. The Bertz CT molecular complexity index is 684. The monoisotopic (exact) mass is 327 g/mol. The highest BCUT2D eigenvalue weighted by Crippen LogP contribution is 2.27. The van der Waals surface area contributed by atoms with Gasteiger partial charge >= 0.3 is 0 Å². The molecular weight excluding hydrogens is 306 g/mol. The molecular formula is C18H21N3O3. The molecule has 1 fully saturated rings. The van der Waals surface area contributed by atoms with Crippen molar-refractivity contribution in [1.29, 1.82) is 0 Å². The average molecular weight is 327 g/mol. The lowest BCUT2D eigenvalue weighted by molar-refractivity contribution is 0.0893. The lowest BCUT2D eigenvalue weighted by Crippen LogP contribution is -2.37. The zero-order valence-corrected chi connectivity index (χ0v) is 13.6. The fourth-order valence-electron chi connectivity index (χ4n) is 3.47. The van der Waals surface area contributed by atoms with E-state index in [1.807, 2.05) is 6.07 Å². The molecule has 0 N–H and O–H groups in total. The van der Waals surface area contributed by atoms with Crippen LogP contribution in [0.25, 0.3) is 0 Å². The predicted molar refractivity (Wildman–Crippen MR) is 88.0 cm³/mol. The highest BCUT2D eigenvalue weighted by atomic mass is 16.5. The van der Waals surface area contributed by atoms with Gasteiger partial charge in [-0.3, -0.25) is 4.79 Å². The van der Waals surface area contributed by atoms with Crippen LogP contribution in [0.2, 0.25) is 0 Å². The zero-order chi connectivity index (χ0) is 16.4. The Balaban J connectivity index is 1.61. The van der Waals surface area contributed by atoms with Crippen molar-refractivity contribution in [2.24, 2.45) is 0 Å². The standard InChI is InChI=1S/C18H21N3O3/c22-18(17-10-13-4-1-2-6-16(13)24-17)21(12-15-5-3-9-23-15)14-7-8-19-20-11-14/h7-8,10-11,15H,1-6,9,12H2. The van der Waals surface area contributed by atoms with E-state index in [4.69, 9.17) is 9.15 Å². The fraction of sp³-hybridized carbons (Fsp3) is 0.500. The summed E-state index contributed by atoms with van der Waals surface area (Å²) >= 11 is 0. The number of amides is 1. The molecule has 1 amide bonds. The van der Waals surface area contributed by atoms with Crippen molar-refractivity contribution in [3.63, 3.8) is 0 Å². The second-order valence-electron chi connectivity index (χ2n) is 6.42. The van der Waals surface area contributed by atoms with Crippen LogP contribution in [0.4, 0.5) is 5.69 Å². The van der Waals surface area contributed by atoms with Crippen molar-refractivity contribution in [1.82, 2.24) is 10.2 Å². The normalized spacial score (nSPS) is 19.9. The van der Waals surface area contributed by atoms with E-state index in [1.54, 1.807) is 23.4 Å². The largest absolute Gasteiger partial charge is 0.456 e. The lowest BCUT2D eigenvalue weighted by Gasteiger charge is -2.24. The van der Waals surface area contributed by atoms with Gasteiger partial charge in [-0.05, 0) is 49.8 Å². The number of carbonyl (C=O) groups excluding carboxylic acids is 1. The van der Waals surface area contributed by atoms with Crippen LogP contribution in [0.5, 0.6) is 0 Å². The molecule has 0 saturated carbocycles. The molecule has 1 unspecified atom stereocenters. The van der Waals surface area contributed by atoms with Gasteiger partial charge in [0, 0.05) is 13.0 Å². The molecule has 24 heavy (non-hydrogen) atoms. The number of ether oxygens (including phenoxy) is 1. The maximum atomic E-state index is 13.1. The Hall–Kier alpha value is -2.21. The molecule has 6 nitrogen and oxygen atoms in total. The molecule has 6 heteroatoms. The minimum absolute atomic E-state index is 0.0618. The molecule has 1 aliphatic carbocycles. The number of anilines is 1. The van der Waals surface area contributed by atoms with E-state index >= 15 is 0 Å². The van der Waals surface area contributed by atoms with Gasteiger partial charge in [0.15, 0.2) is 5.76 Å². The first-order valence-corrected chi connectivity index (χ1v) is 8.63. The lowest BCUT2D eigenvalue weighted by atomic mass is 9.99. The molecule has 0 aromatic carbocycles. The Morgan fingerprint density at radius 2 is 2.17 bits per heavy atom. The second kappa shape index (κ2) is 6.73. The van der Waals surface area contributed by atoms with Crippen LogP contribution in [0, 0.1) is 0 Å². The van der Waals surface area contributed by atoms with E-state index in [1.165, 1.54) is 5.56 Å². The third-order valence-electron chi connectivity index (χ3n) is 4.74. The van der Waals surface area contributed by atoms with Crippen LogP contribution in [0.15, 0.2) is 28.9 Å². The van der Waals surface area contributed by atoms with Gasteiger partial charge < -0.3 is 14.1 Å². The Kier molecular flexibility index (Phi) is 4.30. The second-order valence-corrected chi connectivity index (χ2v) is 6.42. The Morgan fingerprint density at radius 1 is 1.25 bits per heavy atom. The van der Waals surface area contributed by atoms with Crippen LogP contribution in [-0.2, 0) is 17.6 Å². The van der Waals surface area contributed by atoms with Crippen molar-refractivity contribution in [3.8, 4) is 0 Å². The van der Waals surface area contributed by atoms with E-state index in [9.17, 15) is 4.79 Å². The number of furan rings is 1. The molecule has 0 spiro atoms.